The van der Waals surface area contributed by atoms with Gasteiger partial charge in [0.15, 0.2) is 0 Å². The Balaban J connectivity index is 1.83. The van der Waals surface area contributed by atoms with Crippen LogP contribution in [0, 0.1) is 12.7 Å². The summed E-state index contributed by atoms with van der Waals surface area (Å²) in [6.07, 6.45) is 0. The molecule has 0 aliphatic carbocycles. The predicted molar refractivity (Wildman–Crippen MR) is 101 cm³/mol. The fourth-order valence-corrected chi connectivity index (χ4v) is 3.22. The molecule has 28 heavy (non-hydrogen) atoms. The summed E-state index contributed by atoms with van der Waals surface area (Å²) in [6.45, 7) is 1.50. The van der Waals surface area contributed by atoms with E-state index in [-0.39, 0.29) is 32.5 Å². The highest BCUT2D eigenvalue weighted by Crippen LogP contribution is 2.33. The van der Waals surface area contributed by atoms with Gasteiger partial charge in [0.05, 0.1) is 21.2 Å². The SMILES string of the molecule is Cc1onc(-c2c(F)cccc2Cl)c1C(=O)NNc1ccc(S(N)(=O)=O)cc1. The number of rotatable bonds is 5. The van der Waals surface area contributed by atoms with E-state index in [2.05, 4.69) is 16.0 Å². The number of hydrogen-bond donors (Lipinski definition) is 3. The van der Waals surface area contributed by atoms with Crippen LogP contribution < -0.4 is 16.0 Å². The Hall–Kier alpha value is -2.95. The first-order valence-corrected chi connectivity index (χ1v) is 9.71. The molecule has 0 saturated carbocycles. The lowest BCUT2D eigenvalue weighted by atomic mass is 10.1. The maximum Gasteiger partial charge on any atom is 0.275 e. The molecule has 0 aliphatic heterocycles. The minimum atomic E-state index is -3.82. The van der Waals surface area contributed by atoms with Crippen molar-refractivity contribution in [3.05, 3.63) is 64.6 Å². The largest absolute Gasteiger partial charge is 0.360 e. The standard InChI is InChI=1S/C17H14ClFN4O4S/c1-9-14(16(23-27-9)15-12(18)3-2-4-13(15)19)17(24)22-21-10-5-7-11(8-6-10)28(20,25)26/h2-8,21H,1H3,(H,22,24)(H2,20,25,26). The van der Waals surface area contributed by atoms with E-state index in [9.17, 15) is 17.6 Å². The van der Waals surface area contributed by atoms with Gasteiger partial charge >= 0.3 is 0 Å². The number of anilines is 1. The Labute approximate surface area is 164 Å². The van der Waals surface area contributed by atoms with Crippen LogP contribution in [0.3, 0.4) is 0 Å². The van der Waals surface area contributed by atoms with Gasteiger partial charge in [-0.2, -0.15) is 0 Å². The molecule has 0 atom stereocenters. The highest BCUT2D eigenvalue weighted by Gasteiger charge is 2.25. The molecule has 0 fully saturated rings. The minimum Gasteiger partial charge on any atom is -0.360 e. The van der Waals surface area contributed by atoms with Gasteiger partial charge in [-0.25, -0.2) is 17.9 Å². The molecule has 8 nitrogen and oxygen atoms in total. The molecule has 0 radical (unpaired) electrons. The van der Waals surface area contributed by atoms with Gasteiger partial charge in [-0.3, -0.25) is 15.6 Å². The number of hydrogen-bond acceptors (Lipinski definition) is 6. The summed E-state index contributed by atoms with van der Waals surface area (Å²) < 4.78 is 41.8. The molecule has 0 saturated heterocycles. The van der Waals surface area contributed by atoms with Crippen molar-refractivity contribution < 1.29 is 22.1 Å². The van der Waals surface area contributed by atoms with E-state index in [1.54, 1.807) is 0 Å². The number of hydrazine groups is 1. The van der Waals surface area contributed by atoms with Gasteiger partial charge < -0.3 is 4.52 Å². The molecule has 3 rings (SSSR count). The summed E-state index contributed by atoms with van der Waals surface area (Å²) in [5.41, 5.74) is 5.33. The first kappa shape index (κ1) is 19.8. The molecule has 0 spiro atoms. The van der Waals surface area contributed by atoms with Gasteiger partial charge in [0.25, 0.3) is 5.91 Å². The Kier molecular flexibility index (Phi) is 5.36. The maximum atomic E-state index is 14.2. The van der Waals surface area contributed by atoms with E-state index in [1.165, 1.54) is 49.4 Å². The van der Waals surface area contributed by atoms with Crippen LogP contribution in [0.4, 0.5) is 10.1 Å². The van der Waals surface area contributed by atoms with Gasteiger partial charge in [-0.15, -0.1) is 0 Å². The zero-order valence-electron chi connectivity index (χ0n) is 14.4. The average molecular weight is 425 g/mol. The van der Waals surface area contributed by atoms with Gasteiger partial charge in [0.1, 0.15) is 22.8 Å². The lowest BCUT2D eigenvalue weighted by Gasteiger charge is -2.10. The molecule has 2 aromatic carbocycles. The van der Waals surface area contributed by atoms with Crippen LogP contribution in [0.5, 0.6) is 0 Å². The number of nitrogens with one attached hydrogen (secondary N) is 2. The van der Waals surface area contributed by atoms with Gasteiger partial charge in [0, 0.05) is 0 Å². The van der Waals surface area contributed by atoms with Crippen molar-refractivity contribution in [2.24, 2.45) is 5.14 Å². The molecule has 0 unspecified atom stereocenters. The number of carbonyl (C=O) groups is 1. The van der Waals surface area contributed by atoms with Crippen molar-refractivity contribution in [1.29, 1.82) is 0 Å². The maximum absolute atomic E-state index is 14.2. The second kappa shape index (κ2) is 7.58. The first-order chi connectivity index (χ1) is 13.2. The summed E-state index contributed by atoms with van der Waals surface area (Å²) in [5.74, 6) is -1.14. The number of aryl methyl sites for hydroxylation is 1. The normalized spacial score (nSPS) is 11.3. The number of aromatic nitrogens is 1. The zero-order valence-corrected chi connectivity index (χ0v) is 15.9. The number of nitrogens with zero attached hydrogens (tertiary/aromatic N) is 1. The second-order valence-corrected chi connectivity index (χ2v) is 7.68. The van der Waals surface area contributed by atoms with E-state index < -0.39 is 21.7 Å². The third-order valence-corrected chi connectivity index (χ3v) is 5.04. The van der Waals surface area contributed by atoms with Crippen LogP contribution in [-0.2, 0) is 10.0 Å². The second-order valence-electron chi connectivity index (χ2n) is 5.71. The number of amides is 1. The summed E-state index contributed by atoms with van der Waals surface area (Å²) in [5, 5.41) is 8.86. The van der Waals surface area contributed by atoms with E-state index in [0.717, 1.165) is 0 Å². The van der Waals surface area contributed by atoms with E-state index in [4.69, 9.17) is 21.3 Å². The number of benzene rings is 2. The average Bonchev–Trinajstić information content (AvgIpc) is 3.00. The molecular formula is C17H14ClFN4O4S. The zero-order chi connectivity index (χ0) is 20.5. The number of halogens is 2. The van der Waals surface area contributed by atoms with Crippen molar-refractivity contribution in [3.63, 3.8) is 0 Å². The third-order valence-electron chi connectivity index (χ3n) is 3.79. The fraction of sp³-hybridized carbons (Fsp3) is 0.0588. The van der Waals surface area contributed by atoms with Crippen molar-refractivity contribution in [2.75, 3.05) is 5.43 Å². The Morgan fingerprint density at radius 1 is 1.21 bits per heavy atom. The Morgan fingerprint density at radius 2 is 1.89 bits per heavy atom. The van der Waals surface area contributed by atoms with Crippen LogP contribution in [0.25, 0.3) is 11.3 Å². The highest BCUT2D eigenvalue weighted by molar-refractivity contribution is 7.89. The van der Waals surface area contributed by atoms with E-state index >= 15 is 0 Å². The summed E-state index contributed by atoms with van der Waals surface area (Å²) >= 11 is 6.05. The van der Waals surface area contributed by atoms with Crippen molar-refractivity contribution in [2.45, 2.75) is 11.8 Å². The molecule has 1 aromatic heterocycles. The lowest BCUT2D eigenvalue weighted by molar-refractivity contribution is 0.0961. The van der Waals surface area contributed by atoms with Crippen LogP contribution in [0.15, 0.2) is 51.9 Å². The fourth-order valence-electron chi connectivity index (χ4n) is 2.45. The van der Waals surface area contributed by atoms with Crippen LogP contribution in [0.2, 0.25) is 5.02 Å². The Bertz CT molecular complexity index is 1130. The molecule has 146 valence electrons. The van der Waals surface area contributed by atoms with Gasteiger partial charge in [0.2, 0.25) is 10.0 Å². The van der Waals surface area contributed by atoms with Crippen LogP contribution in [0.1, 0.15) is 16.1 Å². The quantitative estimate of drug-likeness (QED) is 0.540. The molecule has 0 bridgehead atoms. The molecule has 11 heteroatoms. The van der Waals surface area contributed by atoms with Gasteiger partial charge in [-0.05, 0) is 43.3 Å². The topological polar surface area (TPSA) is 127 Å². The van der Waals surface area contributed by atoms with E-state index in [1.807, 2.05) is 0 Å². The third kappa shape index (κ3) is 3.98. The number of sulfonamides is 1. The summed E-state index contributed by atoms with van der Waals surface area (Å²) in [7, 11) is -3.82. The summed E-state index contributed by atoms with van der Waals surface area (Å²) in [4.78, 5) is 12.5. The molecular weight excluding hydrogens is 411 g/mol. The van der Waals surface area contributed by atoms with Crippen LogP contribution in [-0.4, -0.2) is 19.5 Å². The Morgan fingerprint density at radius 3 is 2.50 bits per heavy atom. The monoisotopic (exact) mass is 424 g/mol. The van der Waals surface area contributed by atoms with E-state index in [0.29, 0.717) is 5.69 Å². The lowest BCUT2D eigenvalue weighted by Crippen LogP contribution is -2.30. The number of primary sulfonamides is 1. The number of nitrogens with two attached hydrogens (primary N) is 1. The first-order valence-electron chi connectivity index (χ1n) is 7.78. The molecule has 1 heterocycles. The highest BCUT2D eigenvalue weighted by atomic mass is 35.5. The minimum absolute atomic E-state index is 0.000608. The van der Waals surface area contributed by atoms with Crippen molar-refractivity contribution in [3.8, 4) is 11.3 Å². The molecule has 3 aromatic rings. The predicted octanol–water partition coefficient (Wildman–Crippen LogP) is 2.85. The molecule has 4 N–H and O–H groups in total. The smallest absolute Gasteiger partial charge is 0.275 e. The number of carbonyl (C=O) groups excluding carboxylic acids is 1. The summed E-state index contributed by atoms with van der Waals surface area (Å²) in [6, 6.07) is 9.47. The van der Waals surface area contributed by atoms with Crippen LogP contribution >= 0.6 is 11.6 Å². The molecule has 0 aliphatic rings. The van der Waals surface area contributed by atoms with Gasteiger partial charge in [-0.1, -0.05) is 22.8 Å². The van der Waals surface area contributed by atoms with Crippen molar-refractivity contribution >= 4 is 33.2 Å². The molecule has 1 amide bonds. The van der Waals surface area contributed by atoms with Crippen molar-refractivity contribution in [1.82, 2.24) is 10.6 Å².